The van der Waals surface area contributed by atoms with E-state index < -0.39 is 11.8 Å². The summed E-state index contributed by atoms with van der Waals surface area (Å²) in [6, 6.07) is 10.1. The average molecular weight is 288 g/mol. The van der Waals surface area contributed by atoms with E-state index in [-0.39, 0.29) is 5.56 Å². The van der Waals surface area contributed by atoms with E-state index in [1.807, 2.05) is 30.0 Å². The van der Waals surface area contributed by atoms with Crippen LogP contribution in [0.5, 0.6) is 0 Å². The Balaban J connectivity index is 2.15. The van der Waals surface area contributed by atoms with Crippen LogP contribution in [0.15, 0.2) is 42.6 Å². The molecule has 1 aromatic carbocycles. The van der Waals surface area contributed by atoms with Crippen LogP contribution >= 0.6 is 0 Å². The summed E-state index contributed by atoms with van der Waals surface area (Å²) in [7, 11) is 0. The Morgan fingerprint density at radius 1 is 1.24 bits per heavy atom. The lowest BCUT2D eigenvalue weighted by Gasteiger charge is -2.20. The van der Waals surface area contributed by atoms with Crippen molar-refractivity contribution in [1.82, 2.24) is 9.88 Å². The summed E-state index contributed by atoms with van der Waals surface area (Å²) in [5.74, 6) is -1.91. The van der Waals surface area contributed by atoms with Gasteiger partial charge < -0.3 is 5.11 Å². The summed E-state index contributed by atoms with van der Waals surface area (Å²) in [6.45, 7) is 3.63. The molecule has 4 nitrogen and oxygen atoms in total. The normalized spacial score (nSPS) is 10.8. The summed E-state index contributed by atoms with van der Waals surface area (Å²) >= 11 is 0. The van der Waals surface area contributed by atoms with Gasteiger partial charge in [0.05, 0.1) is 11.3 Å². The molecule has 2 aromatic rings. The maximum absolute atomic E-state index is 14.1. The highest BCUT2D eigenvalue weighted by atomic mass is 19.1. The van der Waals surface area contributed by atoms with Gasteiger partial charge in [-0.25, -0.2) is 9.18 Å². The number of hydrogen-bond acceptors (Lipinski definition) is 3. The molecule has 2 rings (SSSR count). The maximum Gasteiger partial charge on any atom is 0.338 e. The number of aromatic nitrogens is 1. The number of halogens is 1. The number of rotatable bonds is 6. The first-order chi connectivity index (χ1) is 10.1. The van der Waals surface area contributed by atoms with E-state index in [9.17, 15) is 9.18 Å². The van der Waals surface area contributed by atoms with E-state index in [0.29, 0.717) is 25.2 Å². The minimum Gasteiger partial charge on any atom is -0.478 e. The standard InChI is InChI=1S/C16H17FN2O2/c1-2-19(11-13-7-3-4-9-18-13)10-12-6-5-8-14(15(12)17)16(20)21/h3-9H,2,10-11H2,1H3,(H,20,21). The summed E-state index contributed by atoms with van der Waals surface area (Å²) < 4.78 is 14.1. The SMILES string of the molecule is CCN(Cc1ccccn1)Cc1cccc(C(=O)O)c1F. The number of carbonyl (C=O) groups is 1. The topological polar surface area (TPSA) is 53.4 Å². The van der Waals surface area contributed by atoms with Crippen molar-refractivity contribution in [3.8, 4) is 0 Å². The summed E-state index contributed by atoms with van der Waals surface area (Å²) in [5, 5.41) is 8.95. The number of benzene rings is 1. The Labute approximate surface area is 122 Å². The van der Waals surface area contributed by atoms with Crippen molar-refractivity contribution in [1.29, 1.82) is 0 Å². The molecule has 0 atom stereocenters. The van der Waals surface area contributed by atoms with Gasteiger partial charge in [-0.05, 0) is 24.7 Å². The van der Waals surface area contributed by atoms with Crippen molar-refractivity contribution in [2.45, 2.75) is 20.0 Å². The van der Waals surface area contributed by atoms with Gasteiger partial charge >= 0.3 is 5.97 Å². The third-order valence-electron chi connectivity index (χ3n) is 3.26. The fourth-order valence-electron chi connectivity index (χ4n) is 2.11. The highest BCUT2D eigenvalue weighted by molar-refractivity contribution is 5.88. The molecule has 0 fully saturated rings. The Morgan fingerprint density at radius 2 is 2.05 bits per heavy atom. The summed E-state index contributed by atoms with van der Waals surface area (Å²) in [6.07, 6.45) is 1.72. The molecule has 0 bridgehead atoms. The van der Waals surface area contributed by atoms with Crippen molar-refractivity contribution in [3.05, 3.63) is 65.2 Å². The maximum atomic E-state index is 14.1. The van der Waals surface area contributed by atoms with Crippen LogP contribution in [0, 0.1) is 5.82 Å². The molecule has 0 radical (unpaired) electrons. The van der Waals surface area contributed by atoms with E-state index >= 15 is 0 Å². The molecular weight excluding hydrogens is 271 g/mol. The predicted octanol–water partition coefficient (Wildman–Crippen LogP) is 2.94. The van der Waals surface area contributed by atoms with Gasteiger partial charge in [0.25, 0.3) is 0 Å². The van der Waals surface area contributed by atoms with Crippen LogP contribution in [-0.2, 0) is 13.1 Å². The van der Waals surface area contributed by atoms with Gasteiger partial charge in [-0.2, -0.15) is 0 Å². The van der Waals surface area contributed by atoms with Crippen LogP contribution in [0.25, 0.3) is 0 Å². The van der Waals surface area contributed by atoms with Gasteiger partial charge in [0.2, 0.25) is 0 Å². The minimum atomic E-state index is -1.25. The van der Waals surface area contributed by atoms with Gasteiger partial charge in [0.15, 0.2) is 0 Å². The van der Waals surface area contributed by atoms with Crippen LogP contribution in [-0.4, -0.2) is 27.5 Å². The van der Waals surface area contributed by atoms with Gasteiger partial charge in [0, 0.05) is 24.8 Å². The van der Waals surface area contributed by atoms with Crippen molar-refractivity contribution in [3.63, 3.8) is 0 Å². The second-order valence-corrected chi connectivity index (χ2v) is 4.71. The Hall–Kier alpha value is -2.27. The van der Waals surface area contributed by atoms with E-state index in [1.54, 1.807) is 18.3 Å². The Bertz CT molecular complexity index is 617. The molecule has 21 heavy (non-hydrogen) atoms. The molecule has 0 aliphatic rings. The number of carboxylic acids is 1. The van der Waals surface area contributed by atoms with Crippen LogP contribution in [0.4, 0.5) is 4.39 Å². The molecular formula is C16H17FN2O2. The van der Waals surface area contributed by atoms with Crippen molar-refractivity contribution < 1.29 is 14.3 Å². The molecule has 0 aliphatic carbocycles. The Morgan fingerprint density at radius 3 is 2.67 bits per heavy atom. The second kappa shape index (κ2) is 6.95. The van der Waals surface area contributed by atoms with Gasteiger partial charge in [-0.1, -0.05) is 25.1 Å². The molecule has 0 aliphatic heterocycles. The molecule has 0 spiro atoms. The minimum absolute atomic E-state index is 0.290. The molecule has 5 heteroatoms. The number of aromatic carboxylic acids is 1. The highest BCUT2D eigenvalue weighted by Crippen LogP contribution is 2.16. The van der Waals surface area contributed by atoms with Crippen molar-refractivity contribution in [2.24, 2.45) is 0 Å². The molecule has 0 saturated carbocycles. The number of nitrogens with zero attached hydrogens (tertiary/aromatic N) is 2. The first-order valence-electron chi connectivity index (χ1n) is 6.74. The number of hydrogen-bond donors (Lipinski definition) is 1. The van der Waals surface area contributed by atoms with Crippen LogP contribution in [0.2, 0.25) is 0 Å². The number of carboxylic acid groups (broad SMARTS) is 1. The van der Waals surface area contributed by atoms with E-state index in [1.165, 1.54) is 6.07 Å². The zero-order valence-corrected chi connectivity index (χ0v) is 11.8. The smallest absolute Gasteiger partial charge is 0.338 e. The average Bonchev–Trinajstić information content (AvgIpc) is 2.49. The lowest BCUT2D eigenvalue weighted by atomic mass is 10.1. The van der Waals surface area contributed by atoms with E-state index in [0.717, 1.165) is 5.69 Å². The lowest BCUT2D eigenvalue weighted by molar-refractivity contribution is 0.0691. The van der Waals surface area contributed by atoms with Gasteiger partial charge in [0.1, 0.15) is 5.82 Å². The highest BCUT2D eigenvalue weighted by Gasteiger charge is 2.15. The predicted molar refractivity (Wildman–Crippen MR) is 77.4 cm³/mol. The zero-order chi connectivity index (χ0) is 15.2. The molecule has 1 heterocycles. The molecule has 1 aromatic heterocycles. The molecule has 110 valence electrons. The van der Waals surface area contributed by atoms with Crippen LogP contribution in [0.1, 0.15) is 28.5 Å². The third kappa shape index (κ3) is 3.86. The fourth-order valence-corrected chi connectivity index (χ4v) is 2.11. The van der Waals surface area contributed by atoms with Crippen LogP contribution in [0.3, 0.4) is 0 Å². The first-order valence-corrected chi connectivity index (χ1v) is 6.74. The molecule has 0 amide bonds. The third-order valence-corrected chi connectivity index (χ3v) is 3.26. The summed E-state index contributed by atoms with van der Waals surface area (Å²) in [5.41, 5.74) is 0.989. The van der Waals surface area contributed by atoms with E-state index in [2.05, 4.69) is 4.98 Å². The van der Waals surface area contributed by atoms with E-state index in [4.69, 9.17) is 5.11 Å². The number of pyridine rings is 1. The lowest BCUT2D eigenvalue weighted by Crippen LogP contribution is -2.23. The van der Waals surface area contributed by atoms with Gasteiger partial charge in [-0.15, -0.1) is 0 Å². The summed E-state index contributed by atoms with van der Waals surface area (Å²) in [4.78, 5) is 17.2. The molecule has 1 N–H and O–H groups in total. The first kappa shape index (κ1) is 15.1. The largest absolute Gasteiger partial charge is 0.478 e. The monoisotopic (exact) mass is 288 g/mol. The van der Waals surface area contributed by atoms with Gasteiger partial charge in [-0.3, -0.25) is 9.88 Å². The van der Waals surface area contributed by atoms with Crippen LogP contribution < -0.4 is 0 Å². The fraction of sp³-hybridized carbons (Fsp3) is 0.250. The molecule has 0 saturated heterocycles. The van der Waals surface area contributed by atoms with Crippen molar-refractivity contribution in [2.75, 3.05) is 6.54 Å². The second-order valence-electron chi connectivity index (χ2n) is 4.71. The quantitative estimate of drug-likeness (QED) is 0.888. The van der Waals surface area contributed by atoms with Crippen molar-refractivity contribution >= 4 is 5.97 Å². The zero-order valence-electron chi connectivity index (χ0n) is 11.8. The molecule has 0 unspecified atom stereocenters. The Kier molecular flexibility index (Phi) is 5.00.